The maximum atomic E-state index is 11.7. The number of hydrogen-bond donors (Lipinski definition) is 1. The van der Waals surface area contributed by atoms with Crippen LogP contribution in [0.15, 0.2) is 30.8 Å². The van der Waals surface area contributed by atoms with Gasteiger partial charge in [-0.15, -0.1) is 0 Å². The lowest BCUT2D eigenvalue weighted by Gasteiger charge is -2.30. The summed E-state index contributed by atoms with van der Waals surface area (Å²) in [6.45, 7) is 10.6. The zero-order valence-electron chi connectivity index (χ0n) is 14.6. The third kappa shape index (κ3) is 6.44. The van der Waals surface area contributed by atoms with Crippen molar-refractivity contribution in [3.63, 3.8) is 0 Å². The second-order valence-electron chi connectivity index (χ2n) is 6.72. The average Bonchev–Trinajstić information content (AvgIpc) is 2.50. The van der Waals surface area contributed by atoms with Crippen molar-refractivity contribution in [3.8, 4) is 0 Å². The van der Waals surface area contributed by atoms with Crippen molar-refractivity contribution in [2.75, 3.05) is 27.2 Å². The van der Waals surface area contributed by atoms with Gasteiger partial charge in [0.2, 0.25) is 5.91 Å². The number of quaternary nitrogens is 1. The summed E-state index contributed by atoms with van der Waals surface area (Å²) in [5.74, 6) is 0.290. The summed E-state index contributed by atoms with van der Waals surface area (Å²) in [5.41, 5.74) is 2.49. The number of benzene rings is 1. The molecular weight excluding hydrogens is 272 g/mol. The maximum absolute atomic E-state index is 11.7. The standard InChI is InChI=1S/C19H30N2O/c1-6-16(3)19(22)20-13-8-14-21(4,5)15-18-11-9-17(7-2)10-12-18/h7,9-12,16H,2,6,8,13-15H2,1,3-5H3/p+1. The smallest absolute Gasteiger partial charge is 0.222 e. The van der Waals surface area contributed by atoms with E-state index in [1.807, 2.05) is 19.9 Å². The second kappa shape index (κ2) is 8.74. The van der Waals surface area contributed by atoms with Crippen molar-refractivity contribution in [2.24, 2.45) is 5.92 Å². The molecular formula is C19H31N2O+. The number of hydrogen-bond acceptors (Lipinski definition) is 1. The Kier molecular flexibility index (Phi) is 7.33. The Morgan fingerprint density at radius 1 is 1.32 bits per heavy atom. The minimum Gasteiger partial charge on any atom is -0.356 e. The van der Waals surface area contributed by atoms with Crippen LogP contribution in [0.4, 0.5) is 0 Å². The molecule has 1 amide bonds. The highest BCUT2D eigenvalue weighted by Gasteiger charge is 2.16. The summed E-state index contributed by atoms with van der Waals surface area (Å²) in [6.07, 6.45) is 3.76. The molecule has 0 aliphatic carbocycles. The normalized spacial score (nSPS) is 12.7. The van der Waals surface area contributed by atoms with Gasteiger partial charge < -0.3 is 9.80 Å². The van der Waals surface area contributed by atoms with Crippen LogP contribution in [0.2, 0.25) is 0 Å². The fraction of sp³-hybridized carbons (Fsp3) is 0.526. The molecule has 3 nitrogen and oxygen atoms in total. The molecule has 0 heterocycles. The van der Waals surface area contributed by atoms with E-state index in [2.05, 4.69) is 50.3 Å². The van der Waals surface area contributed by atoms with Crippen molar-refractivity contribution in [1.29, 1.82) is 0 Å². The highest BCUT2D eigenvalue weighted by molar-refractivity contribution is 5.78. The molecule has 0 aliphatic heterocycles. The van der Waals surface area contributed by atoms with E-state index in [0.717, 1.165) is 42.5 Å². The van der Waals surface area contributed by atoms with Crippen LogP contribution in [0.25, 0.3) is 6.08 Å². The van der Waals surface area contributed by atoms with Gasteiger partial charge in [0, 0.05) is 24.4 Å². The monoisotopic (exact) mass is 303 g/mol. The van der Waals surface area contributed by atoms with Crippen LogP contribution in [-0.4, -0.2) is 37.6 Å². The Balaban J connectivity index is 2.36. The largest absolute Gasteiger partial charge is 0.356 e. The Labute approximate surface area is 135 Å². The van der Waals surface area contributed by atoms with Crippen LogP contribution >= 0.6 is 0 Å². The van der Waals surface area contributed by atoms with E-state index in [1.54, 1.807) is 0 Å². The second-order valence-corrected chi connectivity index (χ2v) is 6.72. The molecule has 122 valence electrons. The molecule has 0 fully saturated rings. The minimum absolute atomic E-state index is 0.117. The summed E-state index contributed by atoms with van der Waals surface area (Å²) in [5, 5.41) is 3.02. The average molecular weight is 303 g/mol. The van der Waals surface area contributed by atoms with Crippen molar-refractivity contribution < 1.29 is 9.28 Å². The lowest BCUT2D eigenvalue weighted by atomic mass is 10.1. The molecule has 3 heteroatoms. The van der Waals surface area contributed by atoms with Gasteiger partial charge in [-0.25, -0.2) is 0 Å². The van der Waals surface area contributed by atoms with Crippen LogP contribution in [0.3, 0.4) is 0 Å². The predicted octanol–water partition coefficient (Wildman–Crippen LogP) is 3.46. The van der Waals surface area contributed by atoms with Crippen LogP contribution in [0, 0.1) is 5.92 Å². The van der Waals surface area contributed by atoms with Crippen molar-refractivity contribution in [3.05, 3.63) is 42.0 Å². The summed E-state index contributed by atoms with van der Waals surface area (Å²) in [6, 6.07) is 8.55. The van der Waals surface area contributed by atoms with Gasteiger partial charge in [0.05, 0.1) is 20.6 Å². The number of rotatable bonds is 9. The van der Waals surface area contributed by atoms with Crippen LogP contribution in [0.5, 0.6) is 0 Å². The van der Waals surface area contributed by atoms with E-state index >= 15 is 0 Å². The van der Waals surface area contributed by atoms with E-state index in [1.165, 1.54) is 5.56 Å². The van der Waals surface area contributed by atoms with E-state index in [4.69, 9.17) is 0 Å². The van der Waals surface area contributed by atoms with E-state index in [-0.39, 0.29) is 11.8 Å². The lowest BCUT2D eigenvalue weighted by Crippen LogP contribution is -2.41. The van der Waals surface area contributed by atoms with Gasteiger partial charge in [0.1, 0.15) is 6.54 Å². The molecule has 0 bridgehead atoms. The molecule has 1 rings (SSSR count). The molecule has 1 aromatic carbocycles. The number of carbonyl (C=O) groups excluding carboxylic acids is 1. The zero-order chi connectivity index (χ0) is 16.6. The van der Waals surface area contributed by atoms with Gasteiger partial charge >= 0.3 is 0 Å². The molecule has 1 aromatic rings. The first-order valence-electron chi connectivity index (χ1n) is 8.19. The van der Waals surface area contributed by atoms with Gasteiger partial charge in [-0.3, -0.25) is 4.79 Å². The summed E-state index contributed by atoms with van der Waals surface area (Å²) >= 11 is 0. The Hall–Kier alpha value is -1.61. The van der Waals surface area contributed by atoms with Gasteiger partial charge in [-0.05, 0) is 12.0 Å². The van der Waals surface area contributed by atoms with E-state index < -0.39 is 0 Å². The summed E-state index contributed by atoms with van der Waals surface area (Å²) in [7, 11) is 4.47. The molecule has 22 heavy (non-hydrogen) atoms. The number of amides is 1. The van der Waals surface area contributed by atoms with Gasteiger partial charge in [0.15, 0.2) is 0 Å². The number of nitrogens with zero attached hydrogens (tertiary/aromatic N) is 1. The van der Waals surface area contributed by atoms with E-state index in [9.17, 15) is 4.79 Å². The van der Waals surface area contributed by atoms with Gasteiger partial charge in [-0.1, -0.05) is 50.8 Å². The first kappa shape index (κ1) is 18.4. The Morgan fingerprint density at radius 3 is 2.50 bits per heavy atom. The molecule has 1 unspecified atom stereocenters. The Bertz CT molecular complexity index is 477. The third-order valence-electron chi connectivity index (χ3n) is 4.13. The van der Waals surface area contributed by atoms with Crippen LogP contribution in [0.1, 0.15) is 37.8 Å². The summed E-state index contributed by atoms with van der Waals surface area (Å²) in [4.78, 5) is 11.7. The van der Waals surface area contributed by atoms with Gasteiger partial charge in [-0.2, -0.15) is 0 Å². The summed E-state index contributed by atoms with van der Waals surface area (Å²) < 4.78 is 0.923. The van der Waals surface area contributed by atoms with E-state index in [0.29, 0.717) is 0 Å². The molecule has 0 aromatic heterocycles. The van der Waals surface area contributed by atoms with Crippen molar-refractivity contribution in [1.82, 2.24) is 5.32 Å². The highest BCUT2D eigenvalue weighted by Crippen LogP contribution is 2.12. The van der Waals surface area contributed by atoms with Gasteiger partial charge in [0.25, 0.3) is 0 Å². The first-order valence-corrected chi connectivity index (χ1v) is 8.19. The molecule has 0 spiro atoms. The zero-order valence-corrected chi connectivity index (χ0v) is 14.6. The third-order valence-corrected chi connectivity index (χ3v) is 4.13. The highest BCUT2D eigenvalue weighted by atomic mass is 16.1. The molecule has 1 N–H and O–H groups in total. The SMILES string of the molecule is C=Cc1ccc(C[N+](C)(C)CCCNC(=O)C(C)CC)cc1. The fourth-order valence-corrected chi connectivity index (χ4v) is 2.41. The number of nitrogens with one attached hydrogen (secondary N) is 1. The molecule has 1 atom stereocenters. The quantitative estimate of drug-likeness (QED) is 0.549. The Morgan fingerprint density at radius 2 is 1.95 bits per heavy atom. The molecule has 0 saturated carbocycles. The van der Waals surface area contributed by atoms with Crippen molar-refractivity contribution >= 4 is 12.0 Å². The van der Waals surface area contributed by atoms with Crippen LogP contribution in [-0.2, 0) is 11.3 Å². The predicted molar refractivity (Wildman–Crippen MR) is 94.3 cm³/mol. The van der Waals surface area contributed by atoms with Crippen molar-refractivity contribution in [2.45, 2.75) is 33.2 Å². The fourth-order valence-electron chi connectivity index (χ4n) is 2.41. The molecule has 0 radical (unpaired) electrons. The first-order chi connectivity index (χ1) is 10.4. The minimum atomic E-state index is 0.117. The maximum Gasteiger partial charge on any atom is 0.222 e. The molecule has 0 saturated heterocycles. The number of carbonyl (C=O) groups is 1. The molecule has 0 aliphatic rings. The van der Waals surface area contributed by atoms with Crippen LogP contribution < -0.4 is 5.32 Å². The topological polar surface area (TPSA) is 29.1 Å². The lowest BCUT2D eigenvalue weighted by molar-refractivity contribution is -0.903.